The van der Waals surface area contributed by atoms with E-state index in [-0.39, 0.29) is 29.7 Å². The van der Waals surface area contributed by atoms with Crippen molar-refractivity contribution >= 4 is 28.9 Å². The molecule has 0 unspecified atom stereocenters. The predicted molar refractivity (Wildman–Crippen MR) is 114 cm³/mol. The third-order valence-electron chi connectivity index (χ3n) is 4.81. The normalized spacial score (nSPS) is 15.2. The van der Waals surface area contributed by atoms with Gasteiger partial charge in [0.15, 0.2) is 0 Å². The number of carbonyl (C=O) groups excluding carboxylic acids is 2. The molecule has 0 saturated carbocycles. The monoisotopic (exact) mass is 411 g/mol. The highest BCUT2D eigenvalue weighted by Crippen LogP contribution is 2.38. The molecule has 0 aromatic heterocycles. The van der Waals surface area contributed by atoms with Crippen molar-refractivity contribution in [1.82, 2.24) is 0 Å². The lowest BCUT2D eigenvalue weighted by Gasteiger charge is -2.29. The van der Waals surface area contributed by atoms with Gasteiger partial charge in [0.25, 0.3) is 11.6 Å². The Morgan fingerprint density at radius 1 is 1.27 bits per heavy atom. The molecule has 30 heavy (non-hydrogen) atoms. The molecule has 2 aromatic carbocycles. The van der Waals surface area contributed by atoms with E-state index in [9.17, 15) is 19.7 Å². The number of para-hydroxylation sites is 1. The summed E-state index contributed by atoms with van der Waals surface area (Å²) < 4.78 is 5.88. The van der Waals surface area contributed by atoms with Crippen molar-refractivity contribution < 1.29 is 19.2 Å². The molecule has 0 spiro atoms. The first-order chi connectivity index (χ1) is 14.1. The standard InChI is InChI=1S/C22H25N3O5/c1-14(2)12-24-18-11-15(9-10-19(18)30-13-22(3,4)21(24)27)23-20(26)16-7-5-6-8-17(16)25(28)29/h5-11,14H,12-13H2,1-4H3,(H,23,26). The molecule has 0 atom stereocenters. The molecular formula is C22H25N3O5. The number of rotatable bonds is 5. The fourth-order valence-electron chi connectivity index (χ4n) is 3.29. The van der Waals surface area contributed by atoms with Gasteiger partial charge >= 0.3 is 0 Å². The Kier molecular flexibility index (Phi) is 5.78. The third-order valence-corrected chi connectivity index (χ3v) is 4.81. The van der Waals surface area contributed by atoms with Crippen LogP contribution in [0.15, 0.2) is 42.5 Å². The summed E-state index contributed by atoms with van der Waals surface area (Å²) >= 11 is 0. The SMILES string of the molecule is CC(C)CN1C(=O)C(C)(C)COc2ccc(NC(=O)c3ccccc3[N+](=O)[O-])cc21. The smallest absolute Gasteiger partial charge is 0.282 e. The molecule has 0 aliphatic carbocycles. The minimum Gasteiger partial charge on any atom is -0.490 e. The van der Waals surface area contributed by atoms with Gasteiger partial charge in [-0.25, -0.2) is 0 Å². The molecule has 2 amide bonds. The van der Waals surface area contributed by atoms with E-state index in [1.165, 1.54) is 18.2 Å². The van der Waals surface area contributed by atoms with Crippen LogP contribution >= 0.6 is 0 Å². The molecule has 8 nitrogen and oxygen atoms in total. The number of benzene rings is 2. The summed E-state index contributed by atoms with van der Waals surface area (Å²) in [6, 6.07) is 10.8. The molecule has 1 N–H and O–H groups in total. The lowest BCUT2D eigenvalue weighted by atomic mass is 9.92. The van der Waals surface area contributed by atoms with Gasteiger partial charge in [0.05, 0.1) is 16.0 Å². The van der Waals surface area contributed by atoms with Crippen LogP contribution in [0.3, 0.4) is 0 Å². The summed E-state index contributed by atoms with van der Waals surface area (Å²) in [4.78, 5) is 38.1. The maximum absolute atomic E-state index is 13.1. The van der Waals surface area contributed by atoms with Crippen LogP contribution in [0.4, 0.5) is 17.1 Å². The molecule has 8 heteroatoms. The van der Waals surface area contributed by atoms with E-state index < -0.39 is 16.2 Å². The summed E-state index contributed by atoms with van der Waals surface area (Å²) in [5.41, 5.74) is -0.0140. The molecule has 0 radical (unpaired) electrons. The van der Waals surface area contributed by atoms with Crippen LogP contribution in [0.2, 0.25) is 0 Å². The first-order valence-electron chi connectivity index (χ1n) is 9.74. The second kappa shape index (κ2) is 8.14. The van der Waals surface area contributed by atoms with E-state index in [4.69, 9.17) is 4.74 Å². The number of hydrogen-bond donors (Lipinski definition) is 1. The van der Waals surface area contributed by atoms with Crippen molar-refractivity contribution in [3.8, 4) is 5.75 Å². The Balaban J connectivity index is 1.96. The molecular weight excluding hydrogens is 386 g/mol. The molecule has 0 fully saturated rings. The second-order valence-corrected chi connectivity index (χ2v) is 8.39. The Morgan fingerprint density at radius 3 is 2.63 bits per heavy atom. The van der Waals surface area contributed by atoms with Gasteiger partial charge in [-0.15, -0.1) is 0 Å². The topological polar surface area (TPSA) is 102 Å². The molecule has 0 bridgehead atoms. The van der Waals surface area contributed by atoms with Gasteiger partial charge in [0.1, 0.15) is 17.9 Å². The highest BCUT2D eigenvalue weighted by Gasteiger charge is 2.38. The number of nitrogens with zero attached hydrogens (tertiary/aromatic N) is 2. The summed E-state index contributed by atoms with van der Waals surface area (Å²) in [5.74, 6) is 0.121. The maximum Gasteiger partial charge on any atom is 0.282 e. The lowest BCUT2D eigenvalue weighted by molar-refractivity contribution is -0.385. The Morgan fingerprint density at radius 2 is 1.97 bits per heavy atom. The van der Waals surface area contributed by atoms with Crippen molar-refractivity contribution in [2.75, 3.05) is 23.4 Å². The maximum atomic E-state index is 13.1. The van der Waals surface area contributed by atoms with E-state index >= 15 is 0 Å². The molecule has 3 rings (SSSR count). The number of nitro benzene ring substituents is 1. The van der Waals surface area contributed by atoms with Crippen LogP contribution in [0, 0.1) is 21.4 Å². The van der Waals surface area contributed by atoms with Crippen molar-refractivity contribution in [2.24, 2.45) is 11.3 Å². The van der Waals surface area contributed by atoms with E-state index in [2.05, 4.69) is 5.32 Å². The van der Waals surface area contributed by atoms with Crippen LogP contribution in [-0.2, 0) is 4.79 Å². The number of nitrogens with one attached hydrogen (secondary N) is 1. The number of nitro groups is 1. The van der Waals surface area contributed by atoms with E-state index in [0.29, 0.717) is 23.7 Å². The predicted octanol–water partition coefficient (Wildman–Crippen LogP) is 4.25. The second-order valence-electron chi connectivity index (χ2n) is 8.39. The van der Waals surface area contributed by atoms with Crippen LogP contribution in [0.5, 0.6) is 5.75 Å². The van der Waals surface area contributed by atoms with Gasteiger partial charge < -0.3 is 15.0 Å². The quantitative estimate of drug-likeness (QED) is 0.585. The van der Waals surface area contributed by atoms with E-state index in [0.717, 1.165) is 0 Å². The van der Waals surface area contributed by atoms with Crippen molar-refractivity contribution in [1.29, 1.82) is 0 Å². The van der Waals surface area contributed by atoms with Crippen molar-refractivity contribution in [3.05, 3.63) is 58.1 Å². The first kappa shape index (κ1) is 21.3. The Bertz CT molecular complexity index is 1000. The van der Waals surface area contributed by atoms with Gasteiger partial charge in [0.2, 0.25) is 5.91 Å². The Hall–Kier alpha value is -3.42. The molecule has 2 aromatic rings. The average Bonchev–Trinajstić information content (AvgIpc) is 2.78. The number of carbonyl (C=O) groups is 2. The summed E-state index contributed by atoms with van der Waals surface area (Å²) in [5, 5.41) is 13.9. The van der Waals surface area contributed by atoms with Gasteiger partial charge in [-0.2, -0.15) is 0 Å². The van der Waals surface area contributed by atoms with E-state index in [1.807, 2.05) is 27.7 Å². The fourth-order valence-corrected chi connectivity index (χ4v) is 3.29. The zero-order valence-corrected chi connectivity index (χ0v) is 17.5. The molecule has 158 valence electrons. The van der Waals surface area contributed by atoms with E-state index in [1.54, 1.807) is 29.2 Å². The molecule has 0 saturated heterocycles. The van der Waals surface area contributed by atoms with Crippen molar-refractivity contribution in [2.45, 2.75) is 27.7 Å². The van der Waals surface area contributed by atoms with Gasteiger partial charge in [-0.05, 0) is 44.0 Å². The largest absolute Gasteiger partial charge is 0.490 e. The average molecular weight is 411 g/mol. The summed E-state index contributed by atoms with van der Waals surface area (Å²) in [7, 11) is 0. The number of anilines is 2. The van der Waals surface area contributed by atoms with Crippen molar-refractivity contribution in [3.63, 3.8) is 0 Å². The lowest BCUT2D eigenvalue weighted by Crippen LogP contribution is -2.43. The molecule has 1 aliphatic rings. The van der Waals surface area contributed by atoms with Gasteiger partial charge in [-0.1, -0.05) is 26.0 Å². The van der Waals surface area contributed by atoms with Crippen LogP contribution < -0.4 is 15.0 Å². The summed E-state index contributed by atoms with van der Waals surface area (Å²) in [6.07, 6.45) is 0. The highest BCUT2D eigenvalue weighted by atomic mass is 16.6. The number of amides is 2. The first-order valence-corrected chi connectivity index (χ1v) is 9.74. The zero-order valence-electron chi connectivity index (χ0n) is 17.5. The van der Waals surface area contributed by atoms with Gasteiger partial charge in [-0.3, -0.25) is 19.7 Å². The number of ether oxygens (including phenoxy) is 1. The Labute approximate surface area is 175 Å². The van der Waals surface area contributed by atoms with Crippen LogP contribution in [0.25, 0.3) is 0 Å². The minimum absolute atomic E-state index is 0.0371. The zero-order chi connectivity index (χ0) is 22.1. The molecule has 1 aliphatic heterocycles. The fraction of sp³-hybridized carbons (Fsp3) is 0.364. The number of hydrogen-bond acceptors (Lipinski definition) is 5. The van der Waals surface area contributed by atoms with Gasteiger partial charge in [0, 0.05) is 18.3 Å². The third kappa shape index (κ3) is 4.27. The number of fused-ring (bicyclic) bond motifs is 1. The summed E-state index contributed by atoms with van der Waals surface area (Å²) in [6.45, 7) is 8.46. The highest BCUT2D eigenvalue weighted by molar-refractivity contribution is 6.07. The molecule has 1 heterocycles. The minimum atomic E-state index is -0.692. The van der Waals surface area contributed by atoms with Crippen LogP contribution in [0.1, 0.15) is 38.1 Å². The van der Waals surface area contributed by atoms with Crippen LogP contribution in [-0.4, -0.2) is 29.9 Å².